The largest absolute Gasteiger partial charge is 0.477 e. The third-order valence-corrected chi connectivity index (χ3v) is 6.54. The van der Waals surface area contributed by atoms with Gasteiger partial charge in [0.2, 0.25) is 0 Å². The number of carbonyl (C=O) groups excluding carboxylic acids is 2. The van der Waals surface area contributed by atoms with Gasteiger partial charge in [0.05, 0.1) is 6.10 Å². The summed E-state index contributed by atoms with van der Waals surface area (Å²) in [4.78, 5) is 35.7. The molecule has 0 aliphatic carbocycles. The van der Waals surface area contributed by atoms with Crippen molar-refractivity contribution >= 4 is 45.5 Å². The van der Waals surface area contributed by atoms with Crippen LogP contribution in [0, 0.1) is 0 Å². The predicted octanol–water partition coefficient (Wildman–Crippen LogP) is 0.318. The molecule has 2 rings (SSSR count). The molecule has 0 spiro atoms. The number of hydrogen-bond acceptors (Lipinski definition) is 6. The number of aliphatic carboxylic acids is 1. The van der Waals surface area contributed by atoms with E-state index < -0.39 is 33.6 Å². The van der Waals surface area contributed by atoms with Gasteiger partial charge in [-0.3, -0.25) is 14.5 Å². The number of fused-ring (bicyclic) bond motifs is 1. The minimum atomic E-state index is -1.25. The lowest BCUT2D eigenvalue weighted by Gasteiger charge is -2.55. The molecule has 0 aromatic rings. The zero-order chi connectivity index (χ0) is 15.9. The lowest BCUT2D eigenvalue weighted by molar-refractivity contribution is -0.153. The van der Waals surface area contributed by atoms with Crippen molar-refractivity contribution in [2.24, 2.45) is 0 Å². The van der Waals surface area contributed by atoms with E-state index in [9.17, 15) is 24.6 Å². The van der Waals surface area contributed by atoms with Crippen molar-refractivity contribution in [2.45, 2.75) is 29.6 Å². The van der Waals surface area contributed by atoms with Crippen LogP contribution in [0.1, 0.15) is 13.8 Å². The van der Waals surface area contributed by atoms with Crippen molar-refractivity contribution in [1.29, 1.82) is 0 Å². The molecule has 21 heavy (non-hydrogen) atoms. The number of carbonyl (C=O) groups is 3. The first-order chi connectivity index (χ1) is 9.71. The third-order valence-electron chi connectivity index (χ3n) is 3.39. The molecule has 116 valence electrons. The van der Waals surface area contributed by atoms with Gasteiger partial charge in [-0.25, -0.2) is 4.79 Å². The van der Waals surface area contributed by atoms with Crippen molar-refractivity contribution in [3.63, 3.8) is 0 Å². The molecular formula is C12H14BrNO6S. The van der Waals surface area contributed by atoms with Crippen molar-refractivity contribution in [2.75, 3.05) is 12.4 Å². The molecule has 9 heteroatoms. The molecule has 1 fully saturated rings. The number of carboxylic acids is 1. The molecule has 1 amide bonds. The van der Waals surface area contributed by atoms with E-state index in [0.29, 0.717) is 11.3 Å². The number of amides is 1. The van der Waals surface area contributed by atoms with Crippen molar-refractivity contribution in [3.05, 3.63) is 11.3 Å². The average Bonchev–Trinajstić information content (AvgIpc) is 2.41. The van der Waals surface area contributed by atoms with E-state index in [1.807, 2.05) is 0 Å². The maximum Gasteiger partial charge on any atom is 0.352 e. The fourth-order valence-electron chi connectivity index (χ4n) is 2.29. The van der Waals surface area contributed by atoms with E-state index in [1.165, 1.54) is 25.6 Å². The van der Waals surface area contributed by atoms with Gasteiger partial charge >= 0.3 is 11.9 Å². The fourth-order valence-corrected chi connectivity index (χ4v) is 4.55. The number of carboxylic acid groups (broad SMARTS) is 1. The number of esters is 1. The van der Waals surface area contributed by atoms with E-state index in [0.717, 1.165) is 4.90 Å². The summed E-state index contributed by atoms with van der Waals surface area (Å²) in [6.07, 6.45) is -0.955. The average molecular weight is 380 g/mol. The summed E-state index contributed by atoms with van der Waals surface area (Å²) in [6.45, 7) is 2.54. The molecule has 0 saturated carbocycles. The van der Waals surface area contributed by atoms with Gasteiger partial charge in [-0.1, -0.05) is 15.9 Å². The number of ether oxygens (including phenoxy) is 1. The van der Waals surface area contributed by atoms with Crippen LogP contribution in [0.2, 0.25) is 0 Å². The van der Waals surface area contributed by atoms with Crippen LogP contribution < -0.4 is 0 Å². The van der Waals surface area contributed by atoms with E-state index >= 15 is 0 Å². The Bertz CT molecular complexity index is 548. The molecule has 0 aromatic heterocycles. The molecule has 0 aromatic carbocycles. The van der Waals surface area contributed by atoms with Crippen LogP contribution in [0.5, 0.6) is 0 Å². The Balaban J connectivity index is 2.33. The molecular weight excluding hydrogens is 366 g/mol. The maximum atomic E-state index is 12.3. The highest BCUT2D eigenvalue weighted by Crippen LogP contribution is 2.52. The van der Waals surface area contributed by atoms with Gasteiger partial charge in [0, 0.05) is 18.2 Å². The maximum absolute atomic E-state index is 12.3. The van der Waals surface area contributed by atoms with E-state index in [-0.39, 0.29) is 12.3 Å². The molecule has 3 atom stereocenters. The summed E-state index contributed by atoms with van der Waals surface area (Å²) in [6, 6.07) is 0. The number of aliphatic hydroxyl groups excluding tert-OH is 1. The number of rotatable bonds is 4. The highest BCUT2D eigenvalue weighted by Gasteiger charge is 2.65. The summed E-state index contributed by atoms with van der Waals surface area (Å²) in [7, 11) is 0. The second-order valence-corrected chi connectivity index (χ2v) is 7.20. The Morgan fingerprint density at radius 3 is 2.71 bits per heavy atom. The first kappa shape index (κ1) is 16.3. The van der Waals surface area contributed by atoms with Crippen LogP contribution in [0.15, 0.2) is 11.3 Å². The first-order valence-electron chi connectivity index (χ1n) is 6.12. The SMILES string of the molecule is CC(=O)OCC1=C(C(=O)O)N2C(=O)C(Br)(C(C)O)[C@H]2SC1. The molecule has 2 heterocycles. The Labute approximate surface area is 133 Å². The summed E-state index contributed by atoms with van der Waals surface area (Å²) in [5, 5.41) is 18.6. The van der Waals surface area contributed by atoms with Gasteiger partial charge in [-0.2, -0.15) is 0 Å². The number of thioether (sulfide) groups is 1. The van der Waals surface area contributed by atoms with Gasteiger partial charge in [0.1, 0.15) is 17.7 Å². The molecule has 0 bridgehead atoms. The summed E-state index contributed by atoms with van der Waals surface area (Å²) >= 11 is 4.55. The second kappa shape index (κ2) is 5.62. The predicted molar refractivity (Wildman–Crippen MR) is 77.7 cm³/mol. The molecule has 1 saturated heterocycles. The standard InChI is InChI=1S/C12H14BrNO6S/c1-5(15)12(13)10(19)14-8(9(17)18)7(3-20-6(2)16)4-21-11(12)14/h5,11,15H,3-4H2,1-2H3,(H,17,18)/t5?,11-,12?/m1/s1. The Kier molecular flexibility index (Phi) is 4.36. The van der Waals surface area contributed by atoms with Crippen molar-refractivity contribution in [1.82, 2.24) is 4.90 Å². The van der Waals surface area contributed by atoms with E-state index in [2.05, 4.69) is 15.9 Å². The van der Waals surface area contributed by atoms with Crippen molar-refractivity contribution in [3.8, 4) is 0 Å². The fraction of sp³-hybridized carbons (Fsp3) is 0.583. The first-order valence-corrected chi connectivity index (χ1v) is 7.96. The van der Waals surface area contributed by atoms with Gasteiger partial charge in [-0.05, 0) is 6.92 Å². The summed E-state index contributed by atoms with van der Waals surface area (Å²) < 4.78 is 3.66. The van der Waals surface area contributed by atoms with E-state index in [4.69, 9.17) is 4.74 Å². The molecule has 2 aliphatic rings. The number of hydrogen-bond donors (Lipinski definition) is 2. The lowest BCUT2D eigenvalue weighted by Crippen LogP contribution is -2.74. The van der Waals surface area contributed by atoms with E-state index in [1.54, 1.807) is 0 Å². The topological polar surface area (TPSA) is 104 Å². The third kappa shape index (κ3) is 2.47. The molecule has 2 aliphatic heterocycles. The number of halogens is 1. The van der Waals surface area contributed by atoms with Gasteiger partial charge in [0.15, 0.2) is 4.32 Å². The zero-order valence-electron chi connectivity index (χ0n) is 11.3. The quantitative estimate of drug-likeness (QED) is 0.411. The minimum absolute atomic E-state index is 0.162. The smallest absolute Gasteiger partial charge is 0.352 e. The normalized spacial score (nSPS) is 29.6. The number of β-lactam (4-membered cyclic amide) rings is 1. The van der Waals surface area contributed by atoms with Crippen LogP contribution in [0.25, 0.3) is 0 Å². The molecule has 7 nitrogen and oxygen atoms in total. The zero-order valence-corrected chi connectivity index (χ0v) is 13.7. The summed E-state index contributed by atoms with van der Waals surface area (Å²) in [5.41, 5.74) is 0.202. The molecule has 2 N–H and O–H groups in total. The lowest BCUT2D eigenvalue weighted by atomic mass is 9.90. The highest BCUT2D eigenvalue weighted by molar-refractivity contribution is 9.10. The van der Waals surface area contributed by atoms with Gasteiger partial charge < -0.3 is 14.9 Å². The Hall–Kier alpha value is -1.06. The van der Waals surface area contributed by atoms with Crippen LogP contribution >= 0.6 is 27.7 Å². The summed E-state index contributed by atoms with van der Waals surface area (Å²) in [5.74, 6) is -1.97. The molecule has 2 unspecified atom stereocenters. The highest BCUT2D eigenvalue weighted by atomic mass is 79.9. The Morgan fingerprint density at radius 2 is 2.24 bits per heavy atom. The van der Waals surface area contributed by atoms with Crippen LogP contribution in [-0.4, -0.2) is 61.1 Å². The van der Waals surface area contributed by atoms with Crippen LogP contribution in [0.3, 0.4) is 0 Å². The van der Waals surface area contributed by atoms with Crippen LogP contribution in [0.4, 0.5) is 0 Å². The monoisotopic (exact) mass is 379 g/mol. The number of alkyl halides is 1. The number of aliphatic hydroxyl groups is 1. The van der Waals surface area contributed by atoms with Gasteiger partial charge in [0.25, 0.3) is 5.91 Å². The minimum Gasteiger partial charge on any atom is -0.477 e. The second-order valence-electron chi connectivity index (χ2n) is 4.82. The Morgan fingerprint density at radius 1 is 1.62 bits per heavy atom. The van der Waals surface area contributed by atoms with Crippen molar-refractivity contribution < 1.29 is 29.3 Å². The molecule has 0 radical (unpaired) electrons. The van der Waals surface area contributed by atoms with Gasteiger partial charge in [-0.15, -0.1) is 11.8 Å². The number of nitrogens with zero attached hydrogens (tertiary/aromatic N) is 1. The van der Waals surface area contributed by atoms with Crippen LogP contribution in [-0.2, 0) is 19.1 Å².